The standard InChI is InChI=1S/C5H8O5S/c1-3-5(2,4(6)7)11(8,9)10/h3H,1H2,2H3,(H,6,7)(H,8,9,10)/p-1. The van der Waals surface area contributed by atoms with E-state index in [1.165, 1.54) is 0 Å². The van der Waals surface area contributed by atoms with Gasteiger partial charge in [-0.05, 0) is 6.92 Å². The van der Waals surface area contributed by atoms with Crippen LogP contribution in [0.15, 0.2) is 12.7 Å². The van der Waals surface area contributed by atoms with Gasteiger partial charge < -0.3 is 9.90 Å². The molecule has 1 atom stereocenters. The fourth-order valence-electron chi connectivity index (χ4n) is 0.294. The maximum Gasteiger partial charge on any atom is 0.279 e. The van der Waals surface area contributed by atoms with Gasteiger partial charge in [-0.25, -0.2) is 0 Å². The van der Waals surface area contributed by atoms with Crippen molar-refractivity contribution in [3.05, 3.63) is 12.7 Å². The number of hydrogen-bond acceptors (Lipinski definition) is 4. The molecule has 0 aliphatic carbocycles. The highest BCUT2D eigenvalue weighted by molar-refractivity contribution is 7.88. The smallest absolute Gasteiger partial charge is 0.279 e. The van der Waals surface area contributed by atoms with E-state index < -0.39 is 20.8 Å². The first-order valence-electron chi connectivity index (χ1n) is 2.58. The Labute approximate surface area is 64.1 Å². The van der Waals surface area contributed by atoms with E-state index in [9.17, 15) is 18.3 Å². The molecule has 0 fully saturated rings. The number of carboxylic acids is 1. The topological polar surface area (TPSA) is 94.5 Å². The molecular weight excluding hydrogens is 172 g/mol. The molecule has 5 nitrogen and oxygen atoms in total. The van der Waals surface area contributed by atoms with Crippen molar-refractivity contribution in [1.82, 2.24) is 0 Å². The highest BCUT2D eigenvalue weighted by Gasteiger charge is 2.36. The number of hydrogen-bond donors (Lipinski definition) is 1. The highest BCUT2D eigenvalue weighted by atomic mass is 32.2. The van der Waals surface area contributed by atoms with E-state index in [0.717, 1.165) is 6.92 Å². The van der Waals surface area contributed by atoms with Gasteiger partial charge in [0.1, 0.15) is 0 Å². The molecule has 6 heteroatoms. The van der Waals surface area contributed by atoms with Gasteiger partial charge in [-0.15, -0.1) is 6.58 Å². The van der Waals surface area contributed by atoms with Crippen LogP contribution >= 0.6 is 0 Å². The van der Waals surface area contributed by atoms with E-state index in [0.29, 0.717) is 6.08 Å². The molecule has 1 unspecified atom stereocenters. The van der Waals surface area contributed by atoms with Crippen LogP contribution in [-0.4, -0.2) is 23.7 Å². The fraction of sp³-hybridized carbons (Fsp3) is 0.400. The largest absolute Gasteiger partial charge is 0.548 e. The summed E-state index contributed by atoms with van der Waals surface area (Å²) < 4.78 is 26.7. The lowest BCUT2D eigenvalue weighted by atomic mass is 10.2. The lowest BCUT2D eigenvalue weighted by molar-refractivity contribution is -0.307. The molecule has 0 saturated carbocycles. The van der Waals surface area contributed by atoms with Crippen LogP contribution in [0.4, 0.5) is 0 Å². The highest BCUT2D eigenvalue weighted by Crippen LogP contribution is 2.15. The van der Waals surface area contributed by atoms with Crippen molar-refractivity contribution in [2.45, 2.75) is 11.7 Å². The van der Waals surface area contributed by atoms with E-state index >= 15 is 0 Å². The van der Waals surface area contributed by atoms with Crippen LogP contribution in [0, 0.1) is 0 Å². The lowest BCUT2D eigenvalue weighted by Gasteiger charge is -2.22. The minimum atomic E-state index is -4.69. The van der Waals surface area contributed by atoms with Crippen molar-refractivity contribution in [2.24, 2.45) is 0 Å². The zero-order valence-corrected chi connectivity index (χ0v) is 6.59. The van der Waals surface area contributed by atoms with Crippen LogP contribution in [0.3, 0.4) is 0 Å². The van der Waals surface area contributed by atoms with Crippen LogP contribution in [0.2, 0.25) is 0 Å². The minimum absolute atomic E-state index is 0.595. The third kappa shape index (κ3) is 1.58. The molecule has 0 spiro atoms. The number of aliphatic carboxylic acids is 1. The molecule has 64 valence electrons. The van der Waals surface area contributed by atoms with Gasteiger partial charge in [0.2, 0.25) is 0 Å². The molecule has 0 aliphatic heterocycles. The van der Waals surface area contributed by atoms with Gasteiger partial charge in [0.25, 0.3) is 10.1 Å². The molecule has 0 aromatic heterocycles. The molecule has 0 aliphatic rings. The molecule has 0 amide bonds. The SMILES string of the molecule is C=CC(C)(C(=O)[O-])S(=O)(=O)O. The Balaban J connectivity index is 5.26. The summed E-state index contributed by atoms with van der Waals surface area (Å²) in [6.45, 7) is 3.74. The maximum absolute atomic E-state index is 10.4. The van der Waals surface area contributed by atoms with Crippen LogP contribution < -0.4 is 5.11 Å². The average molecular weight is 179 g/mol. The summed E-state index contributed by atoms with van der Waals surface area (Å²) in [5, 5.41) is 10.2. The molecule has 0 aromatic rings. The van der Waals surface area contributed by atoms with Gasteiger partial charge >= 0.3 is 0 Å². The Kier molecular flexibility index (Phi) is 2.42. The summed E-state index contributed by atoms with van der Waals surface area (Å²) in [6, 6.07) is 0. The Hall–Kier alpha value is -0.880. The first-order valence-corrected chi connectivity index (χ1v) is 4.02. The molecule has 0 radical (unpaired) electrons. The first kappa shape index (κ1) is 10.1. The predicted octanol–water partition coefficient (Wildman–Crippen LogP) is -1.43. The maximum atomic E-state index is 10.4. The molecular formula is C5H7O5S-. The minimum Gasteiger partial charge on any atom is -0.548 e. The first-order chi connectivity index (χ1) is 4.75. The van der Waals surface area contributed by atoms with E-state index in [1.54, 1.807) is 0 Å². The van der Waals surface area contributed by atoms with Crippen molar-refractivity contribution in [2.75, 3.05) is 0 Å². The monoisotopic (exact) mass is 179 g/mol. The van der Waals surface area contributed by atoms with E-state index in [2.05, 4.69) is 6.58 Å². The van der Waals surface area contributed by atoms with E-state index in [4.69, 9.17) is 4.55 Å². The van der Waals surface area contributed by atoms with Crippen LogP contribution in [0.25, 0.3) is 0 Å². The zero-order valence-electron chi connectivity index (χ0n) is 5.77. The zero-order chi connectivity index (χ0) is 9.28. The lowest BCUT2D eigenvalue weighted by Crippen LogP contribution is -2.49. The third-order valence-electron chi connectivity index (χ3n) is 1.33. The van der Waals surface area contributed by atoms with Gasteiger partial charge in [-0.2, -0.15) is 8.42 Å². The van der Waals surface area contributed by atoms with Crippen molar-refractivity contribution >= 4 is 16.1 Å². The van der Waals surface area contributed by atoms with Crippen molar-refractivity contribution in [1.29, 1.82) is 0 Å². The van der Waals surface area contributed by atoms with Gasteiger partial charge in [0.15, 0.2) is 4.75 Å². The third-order valence-corrected chi connectivity index (χ3v) is 2.74. The molecule has 0 aromatic carbocycles. The summed E-state index contributed by atoms with van der Waals surface area (Å²) in [5.74, 6) is -1.91. The Morgan fingerprint density at radius 2 is 2.09 bits per heavy atom. The Bertz CT molecular complexity index is 277. The molecule has 11 heavy (non-hydrogen) atoms. The summed E-state index contributed by atoms with van der Waals surface area (Å²) in [7, 11) is -4.69. The molecule has 0 rings (SSSR count). The number of carbonyl (C=O) groups is 1. The van der Waals surface area contributed by atoms with Gasteiger partial charge in [0.05, 0.1) is 5.97 Å². The molecule has 0 bridgehead atoms. The molecule has 0 heterocycles. The average Bonchev–Trinajstić information content (AvgIpc) is 1.83. The second kappa shape index (κ2) is 2.63. The fourth-order valence-corrected chi connectivity index (χ4v) is 0.715. The second-order valence-electron chi connectivity index (χ2n) is 2.07. The predicted molar refractivity (Wildman–Crippen MR) is 35.2 cm³/mol. The second-order valence-corrected chi connectivity index (χ2v) is 3.87. The number of carbonyl (C=O) groups excluding carboxylic acids is 1. The summed E-state index contributed by atoms with van der Waals surface area (Å²) in [5.41, 5.74) is 0. The van der Waals surface area contributed by atoms with E-state index in [1.807, 2.05) is 0 Å². The van der Waals surface area contributed by atoms with Crippen LogP contribution in [-0.2, 0) is 14.9 Å². The van der Waals surface area contributed by atoms with E-state index in [-0.39, 0.29) is 0 Å². The van der Waals surface area contributed by atoms with Crippen molar-refractivity contribution in [3.63, 3.8) is 0 Å². The van der Waals surface area contributed by atoms with Crippen molar-refractivity contribution < 1.29 is 22.9 Å². The van der Waals surface area contributed by atoms with Gasteiger partial charge in [-0.1, -0.05) is 6.08 Å². The normalized spacial score (nSPS) is 16.9. The number of rotatable bonds is 3. The summed E-state index contributed by atoms with van der Waals surface area (Å²) in [4.78, 5) is 10.2. The summed E-state index contributed by atoms with van der Waals surface area (Å²) >= 11 is 0. The Morgan fingerprint density at radius 3 is 2.09 bits per heavy atom. The van der Waals surface area contributed by atoms with Crippen LogP contribution in [0.1, 0.15) is 6.92 Å². The quantitative estimate of drug-likeness (QED) is 0.423. The van der Waals surface area contributed by atoms with Crippen molar-refractivity contribution in [3.8, 4) is 0 Å². The van der Waals surface area contributed by atoms with Gasteiger partial charge in [0, 0.05) is 0 Å². The summed E-state index contributed by atoms with van der Waals surface area (Å²) in [6.07, 6.45) is 0.595. The molecule has 1 N–H and O–H groups in total. The molecule has 0 saturated heterocycles. The number of carboxylic acid groups (broad SMARTS) is 1. The van der Waals surface area contributed by atoms with Crippen LogP contribution in [0.5, 0.6) is 0 Å². The van der Waals surface area contributed by atoms with Gasteiger partial charge in [-0.3, -0.25) is 4.55 Å². The Morgan fingerprint density at radius 1 is 1.73 bits per heavy atom.